The highest BCUT2D eigenvalue weighted by Crippen LogP contribution is 2.48. The van der Waals surface area contributed by atoms with Gasteiger partial charge in [-0.15, -0.1) is 6.58 Å². The van der Waals surface area contributed by atoms with Gasteiger partial charge in [0, 0.05) is 35.3 Å². The average molecular weight is 262 g/mol. The summed E-state index contributed by atoms with van der Waals surface area (Å²) < 4.78 is 0. The lowest BCUT2D eigenvalue weighted by atomic mass is 9.84. The van der Waals surface area contributed by atoms with Gasteiger partial charge < -0.3 is 4.90 Å². The second-order valence-corrected chi connectivity index (χ2v) is 7.41. The first kappa shape index (κ1) is 14.6. The van der Waals surface area contributed by atoms with Crippen LogP contribution in [-0.4, -0.2) is 40.5 Å². The monoisotopic (exact) mass is 262 g/mol. The van der Waals surface area contributed by atoms with Crippen molar-refractivity contribution >= 4 is 0 Å². The SMILES string of the molecule is C=CC1CCCN1C(=C)C1CC(C)(C)N(C)C1(C)C. The lowest BCUT2D eigenvalue weighted by molar-refractivity contribution is 0.0999. The van der Waals surface area contributed by atoms with Crippen LogP contribution in [0.15, 0.2) is 24.9 Å². The Bertz CT molecular complexity index is 381. The van der Waals surface area contributed by atoms with Gasteiger partial charge in [-0.05, 0) is 54.0 Å². The van der Waals surface area contributed by atoms with Gasteiger partial charge in [0.25, 0.3) is 0 Å². The van der Waals surface area contributed by atoms with Gasteiger partial charge in [-0.3, -0.25) is 4.90 Å². The molecule has 2 aliphatic rings. The summed E-state index contributed by atoms with van der Waals surface area (Å²) >= 11 is 0. The van der Waals surface area contributed by atoms with Gasteiger partial charge >= 0.3 is 0 Å². The Labute approximate surface area is 119 Å². The van der Waals surface area contributed by atoms with E-state index < -0.39 is 0 Å². The Kier molecular flexibility index (Phi) is 3.59. The maximum Gasteiger partial charge on any atom is 0.0468 e. The first-order valence-electron chi connectivity index (χ1n) is 7.53. The van der Waals surface area contributed by atoms with Crippen LogP contribution in [0.25, 0.3) is 0 Å². The average Bonchev–Trinajstić information content (AvgIpc) is 2.87. The van der Waals surface area contributed by atoms with Gasteiger partial charge in [-0.25, -0.2) is 0 Å². The molecule has 19 heavy (non-hydrogen) atoms. The van der Waals surface area contributed by atoms with E-state index in [4.69, 9.17) is 0 Å². The van der Waals surface area contributed by atoms with Crippen LogP contribution < -0.4 is 0 Å². The van der Waals surface area contributed by atoms with E-state index in [9.17, 15) is 0 Å². The van der Waals surface area contributed by atoms with E-state index in [1.54, 1.807) is 0 Å². The normalized spacial score (nSPS) is 33.6. The second-order valence-electron chi connectivity index (χ2n) is 7.41. The third kappa shape index (κ3) is 2.24. The molecule has 2 saturated heterocycles. The lowest BCUT2D eigenvalue weighted by Gasteiger charge is -2.40. The van der Waals surface area contributed by atoms with Gasteiger partial charge in [0.1, 0.15) is 0 Å². The van der Waals surface area contributed by atoms with Crippen LogP contribution in [-0.2, 0) is 0 Å². The highest BCUT2D eigenvalue weighted by molar-refractivity contribution is 5.19. The Morgan fingerprint density at radius 3 is 2.37 bits per heavy atom. The molecule has 0 amide bonds. The smallest absolute Gasteiger partial charge is 0.0468 e. The van der Waals surface area contributed by atoms with Crippen molar-refractivity contribution in [2.45, 2.75) is 64.1 Å². The number of hydrogen-bond donors (Lipinski definition) is 0. The van der Waals surface area contributed by atoms with Crippen molar-refractivity contribution in [3.63, 3.8) is 0 Å². The molecule has 0 aromatic rings. The van der Waals surface area contributed by atoms with E-state index in [0.29, 0.717) is 12.0 Å². The Morgan fingerprint density at radius 2 is 1.89 bits per heavy atom. The van der Waals surface area contributed by atoms with Crippen molar-refractivity contribution < 1.29 is 0 Å². The Balaban J connectivity index is 2.22. The molecule has 0 radical (unpaired) electrons. The molecule has 0 spiro atoms. The van der Waals surface area contributed by atoms with Gasteiger partial charge in [-0.1, -0.05) is 12.7 Å². The van der Waals surface area contributed by atoms with E-state index in [1.807, 2.05) is 0 Å². The lowest BCUT2D eigenvalue weighted by Crippen LogP contribution is -2.48. The second kappa shape index (κ2) is 4.66. The van der Waals surface area contributed by atoms with E-state index >= 15 is 0 Å². The van der Waals surface area contributed by atoms with Gasteiger partial charge in [0.15, 0.2) is 0 Å². The summed E-state index contributed by atoms with van der Waals surface area (Å²) in [6.07, 6.45) is 5.78. The third-order valence-electron chi connectivity index (χ3n) is 5.67. The van der Waals surface area contributed by atoms with Crippen LogP contribution >= 0.6 is 0 Å². The molecular weight excluding hydrogens is 232 g/mol. The van der Waals surface area contributed by atoms with E-state index in [-0.39, 0.29) is 11.1 Å². The quantitative estimate of drug-likeness (QED) is 0.716. The molecule has 0 bridgehead atoms. The standard InChI is InChI=1S/C17H30N2/c1-8-14-10-9-11-19(14)13(2)15-12-16(3,4)18(7)17(15,5)6/h8,14-15H,1-2,9-12H2,3-7H3. The first-order chi connectivity index (χ1) is 8.71. The van der Waals surface area contributed by atoms with Crippen LogP contribution in [0, 0.1) is 5.92 Å². The molecule has 0 aliphatic carbocycles. The fraction of sp³-hybridized carbons (Fsp3) is 0.765. The molecule has 2 aliphatic heterocycles. The molecule has 2 rings (SSSR count). The molecule has 2 atom stereocenters. The van der Waals surface area contributed by atoms with Crippen LogP contribution in [0.3, 0.4) is 0 Å². The predicted molar refractivity (Wildman–Crippen MR) is 83.1 cm³/mol. The molecule has 2 unspecified atom stereocenters. The fourth-order valence-corrected chi connectivity index (χ4v) is 4.02. The van der Waals surface area contributed by atoms with Crippen LogP contribution in [0.5, 0.6) is 0 Å². The first-order valence-corrected chi connectivity index (χ1v) is 7.53. The third-order valence-corrected chi connectivity index (χ3v) is 5.67. The zero-order valence-corrected chi connectivity index (χ0v) is 13.4. The zero-order valence-electron chi connectivity index (χ0n) is 13.4. The molecule has 2 nitrogen and oxygen atoms in total. The van der Waals surface area contributed by atoms with E-state index in [1.165, 1.54) is 25.0 Å². The highest BCUT2D eigenvalue weighted by atomic mass is 15.3. The summed E-state index contributed by atoms with van der Waals surface area (Å²) in [5.41, 5.74) is 1.75. The van der Waals surface area contributed by atoms with Crippen molar-refractivity contribution in [2.24, 2.45) is 5.92 Å². The number of rotatable bonds is 3. The number of nitrogens with zero attached hydrogens (tertiary/aromatic N) is 2. The van der Waals surface area contributed by atoms with Crippen molar-refractivity contribution in [1.29, 1.82) is 0 Å². The summed E-state index contributed by atoms with van der Waals surface area (Å²) in [5.74, 6) is 0.535. The number of hydrogen-bond acceptors (Lipinski definition) is 2. The Hall–Kier alpha value is -0.760. The summed E-state index contributed by atoms with van der Waals surface area (Å²) in [4.78, 5) is 5.02. The minimum absolute atomic E-state index is 0.175. The molecule has 2 fully saturated rings. The highest BCUT2D eigenvalue weighted by Gasteiger charge is 2.51. The van der Waals surface area contributed by atoms with Crippen LogP contribution in [0.2, 0.25) is 0 Å². The van der Waals surface area contributed by atoms with Crippen molar-refractivity contribution in [2.75, 3.05) is 13.6 Å². The molecular formula is C17H30N2. The van der Waals surface area contributed by atoms with E-state index in [0.717, 1.165) is 6.54 Å². The van der Waals surface area contributed by atoms with Crippen LogP contribution in [0.1, 0.15) is 47.0 Å². The van der Waals surface area contributed by atoms with Gasteiger partial charge in [0.2, 0.25) is 0 Å². The van der Waals surface area contributed by atoms with Crippen molar-refractivity contribution in [3.8, 4) is 0 Å². The molecule has 0 N–H and O–H groups in total. The summed E-state index contributed by atoms with van der Waals surface area (Å²) in [6.45, 7) is 19.0. The molecule has 2 heterocycles. The summed E-state index contributed by atoms with van der Waals surface area (Å²) in [6, 6.07) is 0.498. The topological polar surface area (TPSA) is 6.48 Å². The minimum Gasteiger partial charge on any atom is -0.369 e. The molecule has 0 aromatic carbocycles. The maximum atomic E-state index is 4.46. The van der Waals surface area contributed by atoms with Crippen molar-refractivity contribution in [1.82, 2.24) is 9.80 Å². The fourth-order valence-electron chi connectivity index (χ4n) is 4.02. The summed E-state index contributed by atoms with van der Waals surface area (Å²) in [7, 11) is 2.25. The van der Waals surface area contributed by atoms with E-state index in [2.05, 4.69) is 63.8 Å². The summed E-state index contributed by atoms with van der Waals surface area (Å²) in [5, 5.41) is 0. The molecule has 108 valence electrons. The molecule has 2 heteroatoms. The number of likely N-dealkylation sites (tertiary alicyclic amines) is 2. The van der Waals surface area contributed by atoms with Gasteiger partial charge in [0.05, 0.1) is 0 Å². The zero-order chi connectivity index (χ0) is 14.4. The molecule has 0 aromatic heterocycles. The maximum absolute atomic E-state index is 4.46. The minimum atomic E-state index is 0.175. The molecule has 0 saturated carbocycles. The predicted octanol–water partition coefficient (Wildman–Crippen LogP) is 3.66. The van der Waals surface area contributed by atoms with Gasteiger partial charge in [-0.2, -0.15) is 0 Å². The van der Waals surface area contributed by atoms with Crippen LogP contribution in [0.4, 0.5) is 0 Å². The largest absolute Gasteiger partial charge is 0.369 e. The Morgan fingerprint density at radius 1 is 1.26 bits per heavy atom. The van der Waals surface area contributed by atoms with Crippen molar-refractivity contribution in [3.05, 3.63) is 24.9 Å².